The summed E-state index contributed by atoms with van der Waals surface area (Å²) in [6.07, 6.45) is 0.646. The number of halogens is 1. The summed E-state index contributed by atoms with van der Waals surface area (Å²) in [5, 5.41) is 6.90. The minimum atomic E-state index is -0.440. The molecule has 0 N–H and O–H groups in total. The highest BCUT2D eigenvalue weighted by atomic mass is 19.1. The summed E-state index contributed by atoms with van der Waals surface area (Å²) in [6, 6.07) is 0. The van der Waals surface area contributed by atoms with Crippen LogP contribution in [0.3, 0.4) is 0 Å². The summed E-state index contributed by atoms with van der Waals surface area (Å²) < 4.78 is 14.2. The molecule has 0 unspecified atom stereocenters. The topological polar surface area (TPSA) is 30.7 Å². The van der Waals surface area contributed by atoms with Crippen molar-refractivity contribution in [1.29, 1.82) is 0 Å². The molecule has 0 aromatic carbocycles. The molecular weight excluding hydrogens is 133 g/mol. The second-order valence-electron chi connectivity index (χ2n) is 2.00. The largest absolute Gasteiger partial charge is 0.255 e. The Balaban J connectivity index is 3.01. The Bertz CT molecular complexity index is 219. The first-order valence-electron chi connectivity index (χ1n) is 3.37. The molecule has 10 heavy (non-hydrogen) atoms. The molecule has 0 saturated heterocycles. The van der Waals surface area contributed by atoms with Gasteiger partial charge in [0.15, 0.2) is 0 Å². The van der Waals surface area contributed by atoms with E-state index >= 15 is 0 Å². The van der Waals surface area contributed by atoms with Gasteiger partial charge in [0.25, 0.3) is 5.95 Å². The van der Waals surface area contributed by atoms with Gasteiger partial charge in [-0.2, -0.15) is 4.39 Å². The highest BCUT2D eigenvalue weighted by Crippen LogP contribution is 2.02. The number of aryl methyl sites for hydroxylation is 1. The third-order valence-electron chi connectivity index (χ3n) is 1.42. The Kier molecular flexibility index (Phi) is 1.99. The fourth-order valence-electron chi connectivity index (χ4n) is 0.894. The van der Waals surface area contributed by atoms with Gasteiger partial charge in [0.05, 0.1) is 5.69 Å². The molecule has 0 spiro atoms. The van der Waals surface area contributed by atoms with Crippen molar-refractivity contribution in [3.05, 3.63) is 11.6 Å². The standard InChI is InChI=1S/C6H10FN3/c1-3-5-6(7)8-9-10(5)4-2/h3-4H2,1-2H3. The molecule has 3 nitrogen and oxygen atoms in total. The molecule has 0 amide bonds. The van der Waals surface area contributed by atoms with Crippen LogP contribution >= 0.6 is 0 Å². The van der Waals surface area contributed by atoms with Crippen LogP contribution in [0.1, 0.15) is 19.5 Å². The van der Waals surface area contributed by atoms with Crippen molar-refractivity contribution in [2.45, 2.75) is 26.8 Å². The molecule has 1 rings (SSSR count). The van der Waals surface area contributed by atoms with E-state index in [2.05, 4.69) is 10.3 Å². The molecular formula is C6H10FN3. The molecule has 0 bridgehead atoms. The maximum atomic E-state index is 12.6. The van der Waals surface area contributed by atoms with Crippen molar-refractivity contribution >= 4 is 0 Å². The highest BCUT2D eigenvalue weighted by Gasteiger charge is 2.07. The Morgan fingerprint density at radius 2 is 2.20 bits per heavy atom. The zero-order valence-electron chi connectivity index (χ0n) is 6.13. The normalized spacial score (nSPS) is 10.3. The first-order valence-corrected chi connectivity index (χ1v) is 3.37. The second kappa shape index (κ2) is 2.77. The Morgan fingerprint density at radius 3 is 2.60 bits per heavy atom. The molecule has 0 radical (unpaired) electrons. The van der Waals surface area contributed by atoms with Crippen LogP contribution in [-0.2, 0) is 13.0 Å². The summed E-state index contributed by atoms with van der Waals surface area (Å²) in [4.78, 5) is 0. The summed E-state index contributed by atoms with van der Waals surface area (Å²) in [6.45, 7) is 4.47. The van der Waals surface area contributed by atoms with Crippen LogP contribution in [0.2, 0.25) is 0 Å². The summed E-state index contributed by atoms with van der Waals surface area (Å²) in [7, 11) is 0. The lowest BCUT2D eigenvalue weighted by Gasteiger charge is -1.96. The van der Waals surface area contributed by atoms with E-state index in [-0.39, 0.29) is 0 Å². The van der Waals surface area contributed by atoms with Crippen molar-refractivity contribution in [3.63, 3.8) is 0 Å². The molecule has 0 aliphatic carbocycles. The third-order valence-corrected chi connectivity index (χ3v) is 1.42. The lowest BCUT2D eigenvalue weighted by molar-refractivity contribution is 0.566. The number of rotatable bonds is 2. The molecule has 0 saturated carbocycles. The lowest BCUT2D eigenvalue weighted by Crippen LogP contribution is -2.01. The van der Waals surface area contributed by atoms with Gasteiger partial charge in [-0.1, -0.05) is 17.2 Å². The third kappa shape index (κ3) is 1.01. The smallest absolute Gasteiger partial charge is 0.247 e. The van der Waals surface area contributed by atoms with Crippen LogP contribution in [0, 0.1) is 5.95 Å². The van der Waals surface area contributed by atoms with Crippen LogP contribution in [0.4, 0.5) is 4.39 Å². The molecule has 0 aliphatic heterocycles. The van der Waals surface area contributed by atoms with Gasteiger partial charge < -0.3 is 0 Å². The lowest BCUT2D eigenvalue weighted by atomic mass is 10.3. The van der Waals surface area contributed by atoms with Crippen LogP contribution in [-0.4, -0.2) is 15.0 Å². The SMILES string of the molecule is CCc1c(F)nnn1CC. The number of hydrogen-bond acceptors (Lipinski definition) is 2. The minimum absolute atomic E-state index is 0.440. The van der Waals surface area contributed by atoms with Gasteiger partial charge in [0.1, 0.15) is 0 Å². The average Bonchev–Trinajstić information content (AvgIpc) is 2.30. The summed E-state index contributed by atoms with van der Waals surface area (Å²) in [5.41, 5.74) is 0.586. The van der Waals surface area contributed by atoms with E-state index < -0.39 is 5.95 Å². The van der Waals surface area contributed by atoms with Crippen molar-refractivity contribution < 1.29 is 4.39 Å². The second-order valence-corrected chi connectivity index (χ2v) is 2.00. The van der Waals surface area contributed by atoms with E-state index in [1.54, 1.807) is 4.68 Å². The maximum absolute atomic E-state index is 12.6. The Labute approximate surface area is 58.9 Å². The molecule has 0 atom stereocenters. The molecule has 0 fully saturated rings. The molecule has 0 aliphatic rings. The molecule has 1 aromatic heterocycles. The Hall–Kier alpha value is -0.930. The number of hydrogen-bond donors (Lipinski definition) is 0. The van der Waals surface area contributed by atoms with Crippen LogP contribution in [0.25, 0.3) is 0 Å². The summed E-state index contributed by atoms with van der Waals surface area (Å²) >= 11 is 0. The number of nitrogens with zero attached hydrogens (tertiary/aromatic N) is 3. The first-order chi connectivity index (χ1) is 4.79. The fraction of sp³-hybridized carbons (Fsp3) is 0.667. The van der Waals surface area contributed by atoms with E-state index in [0.717, 1.165) is 0 Å². The van der Waals surface area contributed by atoms with Crippen LogP contribution in [0.5, 0.6) is 0 Å². The maximum Gasteiger partial charge on any atom is 0.255 e. The first kappa shape index (κ1) is 7.18. The van der Waals surface area contributed by atoms with Gasteiger partial charge in [0, 0.05) is 6.54 Å². The zero-order chi connectivity index (χ0) is 7.56. The van der Waals surface area contributed by atoms with Gasteiger partial charge in [0.2, 0.25) is 0 Å². The number of aromatic nitrogens is 3. The minimum Gasteiger partial charge on any atom is -0.247 e. The van der Waals surface area contributed by atoms with E-state index in [1.807, 2.05) is 13.8 Å². The molecule has 4 heteroatoms. The quantitative estimate of drug-likeness (QED) is 0.618. The van der Waals surface area contributed by atoms with Crippen molar-refractivity contribution in [2.75, 3.05) is 0 Å². The van der Waals surface area contributed by atoms with Gasteiger partial charge in [-0.15, -0.1) is 0 Å². The van der Waals surface area contributed by atoms with Crippen molar-refractivity contribution in [2.24, 2.45) is 0 Å². The highest BCUT2D eigenvalue weighted by molar-refractivity contribution is 4.95. The zero-order valence-corrected chi connectivity index (χ0v) is 6.13. The van der Waals surface area contributed by atoms with Gasteiger partial charge in [-0.3, -0.25) is 0 Å². The Morgan fingerprint density at radius 1 is 1.50 bits per heavy atom. The average molecular weight is 143 g/mol. The van der Waals surface area contributed by atoms with E-state index in [4.69, 9.17) is 0 Å². The van der Waals surface area contributed by atoms with Gasteiger partial charge >= 0.3 is 0 Å². The molecule has 1 heterocycles. The molecule has 56 valence electrons. The van der Waals surface area contributed by atoms with Crippen molar-refractivity contribution in [3.8, 4) is 0 Å². The van der Waals surface area contributed by atoms with Crippen LogP contribution < -0.4 is 0 Å². The van der Waals surface area contributed by atoms with E-state index in [1.165, 1.54) is 0 Å². The fourth-order valence-corrected chi connectivity index (χ4v) is 0.894. The summed E-state index contributed by atoms with van der Waals surface area (Å²) in [5.74, 6) is -0.440. The van der Waals surface area contributed by atoms with Crippen LogP contribution in [0.15, 0.2) is 0 Å². The van der Waals surface area contributed by atoms with E-state index in [9.17, 15) is 4.39 Å². The predicted molar refractivity (Wildman–Crippen MR) is 35.0 cm³/mol. The van der Waals surface area contributed by atoms with Crippen molar-refractivity contribution in [1.82, 2.24) is 15.0 Å². The predicted octanol–water partition coefficient (Wildman–Crippen LogP) is 1.000. The monoisotopic (exact) mass is 143 g/mol. The molecule has 1 aromatic rings. The van der Waals surface area contributed by atoms with E-state index in [0.29, 0.717) is 18.7 Å². The van der Waals surface area contributed by atoms with Gasteiger partial charge in [-0.25, -0.2) is 4.68 Å². The van der Waals surface area contributed by atoms with Gasteiger partial charge in [-0.05, 0) is 13.3 Å².